The van der Waals surface area contributed by atoms with Crippen molar-refractivity contribution in [3.63, 3.8) is 0 Å². The maximum absolute atomic E-state index is 13.2. The van der Waals surface area contributed by atoms with Gasteiger partial charge in [0.25, 0.3) is 0 Å². The van der Waals surface area contributed by atoms with Crippen molar-refractivity contribution in [2.75, 3.05) is 5.75 Å². The Kier molecular flexibility index (Phi) is 3.59. The van der Waals surface area contributed by atoms with Crippen LogP contribution in [0.5, 0.6) is 0 Å². The molecule has 0 spiro atoms. The molecule has 1 aromatic carbocycles. The summed E-state index contributed by atoms with van der Waals surface area (Å²) < 4.78 is 13.2. The molecule has 0 aromatic heterocycles. The van der Waals surface area contributed by atoms with Crippen molar-refractivity contribution in [1.82, 2.24) is 0 Å². The summed E-state index contributed by atoms with van der Waals surface area (Å²) in [4.78, 5) is 0. The number of hydrogen-bond acceptors (Lipinski definition) is 2. The van der Waals surface area contributed by atoms with Crippen molar-refractivity contribution in [1.29, 1.82) is 0 Å². The lowest BCUT2D eigenvalue weighted by Crippen LogP contribution is -2.19. The molecule has 1 atom stereocenters. The Bertz CT molecular complexity index is 306. The number of halogens is 2. The van der Waals surface area contributed by atoms with Gasteiger partial charge in [0.1, 0.15) is 5.82 Å². The number of benzene rings is 1. The van der Waals surface area contributed by atoms with Crippen LogP contribution < -0.4 is 5.73 Å². The van der Waals surface area contributed by atoms with E-state index in [1.165, 1.54) is 6.07 Å². The summed E-state index contributed by atoms with van der Waals surface area (Å²) >= 11 is 1.69. The summed E-state index contributed by atoms with van der Waals surface area (Å²) in [7, 11) is 0. The molecule has 1 heterocycles. The van der Waals surface area contributed by atoms with Crippen LogP contribution in [-0.4, -0.2) is 5.75 Å². The average molecular weight is 220 g/mol. The highest BCUT2D eigenvalue weighted by molar-refractivity contribution is 7.98. The highest BCUT2D eigenvalue weighted by Crippen LogP contribution is 2.31. The summed E-state index contributed by atoms with van der Waals surface area (Å²) in [6.07, 6.45) is 0. The molecule has 1 aliphatic heterocycles. The molecule has 1 unspecified atom stereocenters. The van der Waals surface area contributed by atoms with E-state index in [1.807, 2.05) is 6.07 Å². The fraction of sp³-hybridized carbons (Fsp3) is 0.333. The summed E-state index contributed by atoms with van der Waals surface area (Å²) in [6, 6.07) is 5.15. The van der Waals surface area contributed by atoms with Crippen molar-refractivity contribution in [3.05, 3.63) is 35.1 Å². The second-order valence-electron chi connectivity index (χ2n) is 2.93. The Labute approximate surface area is 87.3 Å². The molecule has 0 bridgehead atoms. The van der Waals surface area contributed by atoms with Crippen molar-refractivity contribution >= 4 is 24.2 Å². The third-order valence-corrected chi connectivity index (χ3v) is 3.19. The first-order valence-electron chi connectivity index (χ1n) is 3.89. The molecular weight excluding hydrogens is 209 g/mol. The Morgan fingerprint density at radius 2 is 2.23 bits per heavy atom. The van der Waals surface area contributed by atoms with Gasteiger partial charge in [0.05, 0.1) is 0 Å². The lowest BCUT2D eigenvalue weighted by Gasteiger charge is -2.21. The summed E-state index contributed by atoms with van der Waals surface area (Å²) in [6.45, 7) is 0. The van der Waals surface area contributed by atoms with Gasteiger partial charge in [-0.05, 0) is 11.6 Å². The fourth-order valence-electron chi connectivity index (χ4n) is 1.45. The van der Waals surface area contributed by atoms with Crippen LogP contribution >= 0.6 is 24.2 Å². The smallest absolute Gasteiger partial charge is 0.127 e. The Morgan fingerprint density at radius 1 is 1.46 bits per heavy atom. The molecule has 0 radical (unpaired) electrons. The molecular formula is C9H11ClFNS. The highest BCUT2D eigenvalue weighted by atomic mass is 35.5. The van der Waals surface area contributed by atoms with Gasteiger partial charge < -0.3 is 5.73 Å². The normalized spacial score (nSPS) is 20.3. The first-order valence-corrected chi connectivity index (χ1v) is 5.05. The number of fused-ring (bicyclic) bond motifs is 1. The first-order chi connectivity index (χ1) is 5.79. The third-order valence-electron chi connectivity index (χ3n) is 2.10. The minimum Gasteiger partial charge on any atom is -0.323 e. The van der Waals surface area contributed by atoms with E-state index in [0.29, 0.717) is 0 Å². The van der Waals surface area contributed by atoms with Crippen LogP contribution in [0.4, 0.5) is 4.39 Å². The van der Waals surface area contributed by atoms with E-state index in [2.05, 4.69) is 0 Å². The van der Waals surface area contributed by atoms with Crippen molar-refractivity contribution < 1.29 is 4.39 Å². The Balaban J connectivity index is 0.000000845. The molecule has 0 saturated carbocycles. The van der Waals surface area contributed by atoms with Gasteiger partial charge in [-0.25, -0.2) is 4.39 Å². The molecule has 0 saturated heterocycles. The predicted octanol–water partition coefficient (Wildman–Crippen LogP) is 2.49. The van der Waals surface area contributed by atoms with E-state index in [4.69, 9.17) is 5.73 Å². The van der Waals surface area contributed by atoms with Gasteiger partial charge in [0.15, 0.2) is 0 Å². The molecule has 2 rings (SSSR count). The molecule has 1 nitrogen and oxygen atoms in total. The molecule has 1 aromatic rings. The number of thioether (sulfide) groups is 1. The van der Waals surface area contributed by atoms with Crippen LogP contribution in [0, 0.1) is 5.82 Å². The average Bonchev–Trinajstić information content (AvgIpc) is 2.07. The summed E-state index contributed by atoms with van der Waals surface area (Å²) in [5, 5.41) is 0. The van der Waals surface area contributed by atoms with Crippen molar-refractivity contribution in [2.45, 2.75) is 11.8 Å². The highest BCUT2D eigenvalue weighted by Gasteiger charge is 2.19. The monoisotopic (exact) mass is 219 g/mol. The molecule has 1 aliphatic rings. The van der Waals surface area contributed by atoms with E-state index in [0.717, 1.165) is 22.6 Å². The Hall–Kier alpha value is -0.250. The van der Waals surface area contributed by atoms with E-state index in [1.54, 1.807) is 17.8 Å². The van der Waals surface area contributed by atoms with Gasteiger partial charge in [-0.3, -0.25) is 0 Å². The predicted molar refractivity (Wildman–Crippen MR) is 56.7 cm³/mol. The topological polar surface area (TPSA) is 26.0 Å². The van der Waals surface area contributed by atoms with E-state index in [-0.39, 0.29) is 24.3 Å². The number of nitrogens with two attached hydrogens (primary N) is 1. The molecule has 0 aliphatic carbocycles. The largest absolute Gasteiger partial charge is 0.323 e. The van der Waals surface area contributed by atoms with Gasteiger partial charge in [-0.1, -0.05) is 12.1 Å². The molecule has 72 valence electrons. The van der Waals surface area contributed by atoms with E-state index < -0.39 is 0 Å². The minimum absolute atomic E-state index is 0. The second-order valence-corrected chi connectivity index (χ2v) is 3.96. The SMILES string of the molecule is Cl.NC1CSCc2c(F)cccc21. The molecule has 13 heavy (non-hydrogen) atoms. The summed E-state index contributed by atoms with van der Waals surface area (Å²) in [5.74, 6) is 1.54. The standard InChI is InChI=1S/C9H10FNS.ClH/c10-8-3-1-2-6-7(8)4-12-5-9(6)11;/h1-3,9H,4-5,11H2;1H. The van der Waals surface area contributed by atoms with Crippen LogP contribution in [0.15, 0.2) is 18.2 Å². The van der Waals surface area contributed by atoms with Gasteiger partial charge >= 0.3 is 0 Å². The third kappa shape index (κ3) is 1.98. The summed E-state index contributed by atoms with van der Waals surface area (Å²) in [5.41, 5.74) is 7.60. The number of rotatable bonds is 0. The maximum atomic E-state index is 13.2. The minimum atomic E-state index is -0.116. The van der Waals surface area contributed by atoms with Crippen LogP contribution in [-0.2, 0) is 5.75 Å². The van der Waals surface area contributed by atoms with Crippen molar-refractivity contribution in [3.8, 4) is 0 Å². The molecule has 0 fully saturated rings. The van der Waals surface area contributed by atoms with E-state index >= 15 is 0 Å². The van der Waals surface area contributed by atoms with E-state index in [9.17, 15) is 4.39 Å². The Morgan fingerprint density at radius 3 is 2.92 bits per heavy atom. The molecule has 0 amide bonds. The molecule has 2 N–H and O–H groups in total. The first kappa shape index (κ1) is 10.8. The molecule has 4 heteroatoms. The van der Waals surface area contributed by atoms with Crippen LogP contribution in [0.3, 0.4) is 0 Å². The quantitative estimate of drug-likeness (QED) is 0.726. The van der Waals surface area contributed by atoms with Crippen LogP contribution in [0.1, 0.15) is 17.2 Å². The van der Waals surface area contributed by atoms with Crippen LogP contribution in [0.2, 0.25) is 0 Å². The van der Waals surface area contributed by atoms with Gasteiger partial charge in [0, 0.05) is 23.1 Å². The second kappa shape index (κ2) is 4.31. The zero-order valence-corrected chi connectivity index (χ0v) is 8.63. The zero-order valence-electron chi connectivity index (χ0n) is 7.00. The zero-order chi connectivity index (χ0) is 8.55. The number of hydrogen-bond donors (Lipinski definition) is 1. The van der Waals surface area contributed by atoms with Gasteiger partial charge in [-0.2, -0.15) is 11.8 Å². The fourth-order valence-corrected chi connectivity index (χ4v) is 2.51. The lowest BCUT2D eigenvalue weighted by atomic mass is 10.0. The van der Waals surface area contributed by atoms with Gasteiger partial charge in [-0.15, -0.1) is 12.4 Å². The lowest BCUT2D eigenvalue weighted by molar-refractivity contribution is 0.608. The van der Waals surface area contributed by atoms with Crippen LogP contribution in [0.25, 0.3) is 0 Å². The van der Waals surface area contributed by atoms with Crippen molar-refractivity contribution in [2.24, 2.45) is 5.73 Å². The van der Waals surface area contributed by atoms with Gasteiger partial charge in [0.2, 0.25) is 0 Å². The maximum Gasteiger partial charge on any atom is 0.127 e.